The summed E-state index contributed by atoms with van der Waals surface area (Å²) in [6.07, 6.45) is 9.99. The molecule has 0 N–H and O–H groups in total. The minimum atomic E-state index is 0.550. The minimum Gasteiger partial charge on any atom is -0.370 e. The van der Waals surface area contributed by atoms with E-state index in [0.29, 0.717) is 23.6 Å². The number of pyridine rings is 3. The number of anilines is 2. The summed E-state index contributed by atoms with van der Waals surface area (Å²) in [6.45, 7) is 11.8. The first-order chi connectivity index (χ1) is 19.9. The van der Waals surface area contributed by atoms with Crippen LogP contribution in [0.4, 0.5) is 11.5 Å². The summed E-state index contributed by atoms with van der Waals surface area (Å²) in [5, 5.41) is 14.3. The molecule has 2 unspecified atom stereocenters. The first-order valence-corrected chi connectivity index (χ1v) is 15.0. The normalized spacial score (nSPS) is 20.8. The highest BCUT2D eigenvalue weighted by Crippen LogP contribution is 2.37. The number of aryl methyl sites for hydroxylation is 1. The van der Waals surface area contributed by atoms with Crippen LogP contribution >= 0.6 is 0 Å². The van der Waals surface area contributed by atoms with Gasteiger partial charge >= 0.3 is 0 Å². The third kappa shape index (κ3) is 4.55. The van der Waals surface area contributed by atoms with Crippen LogP contribution in [0, 0.1) is 23.2 Å². The third-order valence-electron chi connectivity index (χ3n) is 9.61. The zero-order chi connectivity index (χ0) is 28.2. The Bertz CT molecular complexity index is 1620. The molecular formula is C32H37BN8. The summed E-state index contributed by atoms with van der Waals surface area (Å²) in [5.74, 6) is 2.43. The van der Waals surface area contributed by atoms with Gasteiger partial charge in [0.1, 0.15) is 19.7 Å². The number of nitriles is 1. The average Bonchev–Trinajstić information content (AvgIpc) is 3.38. The Labute approximate surface area is 243 Å². The topological polar surface area (TPSA) is 76.6 Å². The van der Waals surface area contributed by atoms with Gasteiger partial charge in [0.15, 0.2) is 0 Å². The highest BCUT2D eigenvalue weighted by molar-refractivity contribution is 6.33. The average molecular weight is 545 g/mol. The summed E-state index contributed by atoms with van der Waals surface area (Å²) < 4.78 is 1.86. The van der Waals surface area contributed by atoms with Crippen molar-refractivity contribution in [3.05, 3.63) is 65.9 Å². The molecule has 0 aromatic carbocycles. The lowest BCUT2D eigenvalue weighted by Gasteiger charge is -2.56. The Kier molecular flexibility index (Phi) is 6.46. The summed E-state index contributed by atoms with van der Waals surface area (Å²) in [4.78, 5) is 17.1. The van der Waals surface area contributed by atoms with Crippen molar-refractivity contribution in [3.63, 3.8) is 0 Å². The van der Waals surface area contributed by atoms with Crippen molar-refractivity contribution in [3.8, 4) is 17.2 Å². The molecule has 9 heteroatoms. The maximum atomic E-state index is 9.78. The standard InChI is InChI=1S/C32H37BN8/c1-4-30-29(33)7-21(11-35-30)14-40-26-8-27(40)18-39(17-26)31-6-5-22(12-36-31)28-9-25(38-15-24(16-38)20(2)3)19-41-32(28)23(10-34)13-37-41/h5-7,9,11-13,19-20,24,26-27H,4,8,14-18,33H2,1-3H3. The monoisotopic (exact) mass is 544 g/mol. The molecule has 2 atom stereocenters. The molecule has 41 heavy (non-hydrogen) atoms. The molecule has 208 valence electrons. The van der Waals surface area contributed by atoms with Gasteiger partial charge in [0.05, 0.1) is 29.2 Å². The quantitative estimate of drug-likeness (QED) is 0.331. The zero-order valence-electron chi connectivity index (χ0n) is 24.5. The Morgan fingerprint density at radius 1 is 1.02 bits per heavy atom. The van der Waals surface area contributed by atoms with E-state index in [1.54, 1.807) is 6.20 Å². The molecule has 8 heterocycles. The largest absolute Gasteiger partial charge is 0.370 e. The Balaban J connectivity index is 1.09. The molecule has 4 aromatic heterocycles. The fourth-order valence-corrected chi connectivity index (χ4v) is 6.92. The minimum absolute atomic E-state index is 0.550. The molecule has 4 aliphatic heterocycles. The van der Waals surface area contributed by atoms with Gasteiger partial charge in [-0.25, -0.2) is 9.50 Å². The maximum absolute atomic E-state index is 9.78. The van der Waals surface area contributed by atoms with Gasteiger partial charge in [-0.3, -0.25) is 9.88 Å². The zero-order valence-corrected chi connectivity index (χ0v) is 24.5. The second kappa shape index (κ2) is 10.2. The van der Waals surface area contributed by atoms with E-state index < -0.39 is 0 Å². The molecular weight excluding hydrogens is 507 g/mol. The number of nitrogens with zero attached hydrogens (tertiary/aromatic N) is 8. The molecule has 0 spiro atoms. The van der Waals surface area contributed by atoms with E-state index in [1.807, 2.05) is 10.7 Å². The van der Waals surface area contributed by atoms with Crippen molar-refractivity contribution in [1.82, 2.24) is 24.5 Å². The lowest BCUT2D eigenvalue weighted by Crippen LogP contribution is -2.68. The van der Waals surface area contributed by atoms with Crippen LogP contribution in [0.5, 0.6) is 0 Å². The van der Waals surface area contributed by atoms with Crippen LogP contribution in [-0.2, 0) is 13.0 Å². The van der Waals surface area contributed by atoms with Gasteiger partial charge in [0.2, 0.25) is 0 Å². The highest BCUT2D eigenvalue weighted by Gasteiger charge is 2.44. The first kappa shape index (κ1) is 26.0. The van der Waals surface area contributed by atoms with E-state index in [9.17, 15) is 5.26 Å². The first-order valence-electron chi connectivity index (χ1n) is 15.0. The summed E-state index contributed by atoms with van der Waals surface area (Å²) in [5.41, 5.74) is 8.41. The number of hydrogen-bond acceptors (Lipinski definition) is 7. The maximum Gasteiger partial charge on any atom is 0.141 e. The van der Waals surface area contributed by atoms with Gasteiger partial charge < -0.3 is 9.80 Å². The Morgan fingerprint density at radius 2 is 1.83 bits per heavy atom. The van der Waals surface area contributed by atoms with Crippen LogP contribution in [0.1, 0.15) is 44.0 Å². The van der Waals surface area contributed by atoms with Gasteiger partial charge in [-0.2, -0.15) is 10.4 Å². The lowest BCUT2D eigenvalue weighted by molar-refractivity contribution is -0.00874. The van der Waals surface area contributed by atoms with E-state index in [1.165, 1.54) is 23.1 Å². The molecule has 8 rings (SSSR count). The van der Waals surface area contributed by atoms with E-state index >= 15 is 0 Å². The Morgan fingerprint density at radius 3 is 2.49 bits per heavy atom. The number of aromatic nitrogens is 4. The fraction of sp³-hybridized carbons (Fsp3) is 0.438. The molecule has 4 fully saturated rings. The van der Waals surface area contributed by atoms with Gasteiger partial charge in [0, 0.05) is 74.0 Å². The second-order valence-electron chi connectivity index (χ2n) is 12.5. The van der Waals surface area contributed by atoms with Crippen LogP contribution < -0.4 is 15.3 Å². The van der Waals surface area contributed by atoms with Crippen LogP contribution in [0.3, 0.4) is 0 Å². The van der Waals surface area contributed by atoms with E-state index in [-0.39, 0.29) is 0 Å². The van der Waals surface area contributed by atoms with Crippen molar-refractivity contribution in [2.45, 2.75) is 52.2 Å². The second-order valence-corrected chi connectivity index (χ2v) is 12.5. The number of fused-ring (bicyclic) bond motifs is 3. The number of piperazine rings is 1. The molecule has 0 radical (unpaired) electrons. The summed E-state index contributed by atoms with van der Waals surface area (Å²) >= 11 is 0. The van der Waals surface area contributed by atoms with Gasteiger partial charge in [-0.15, -0.1) is 0 Å². The summed E-state index contributed by atoms with van der Waals surface area (Å²) in [6, 6.07) is 12.3. The Hall–Kier alpha value is -3.90. The van der Waals surface area contributed by atoms with Gasteiger partial charge in [0.25, 0.3) is 0 Å². The van der Waals surface area contributed by atoms with Crippen LogP contribution in [0.2, 0.25) is 0 Å². The molecule has 2 bridgehead atoms. The summed E-state index contributed by atoms with van der Waals surface area (Å²) in [7, 11) is 2.17. The predicted molar refractivity (Wildman–Crippen MR) is 165 cm³/mol. The van der Waals surface area contributed by atoms with Crippen molar-refractivity contribution < 1.29 is 0 Å². The SMILES string of the molecule is Bc1cc(CN2C3CC2CN(c2ccc(-c4cc(N5CC(C(C)C)C5)cn5ncc(C#N)c45)cn2)C3)cnc1CC. The molecule has 4 aliphatic rings. The van der Waals surface area contributed by atoms with E-state index in [0.717, 1.165) is 73.2 Å². The van der Waals surface area contributed by atoms with Crippen molar-refractivity contribution in [2.75, 3.05) is 36.0 Å². The van der Waals surface area contributed by atoms with E-state index in [4.69, 9.17) is 4.98 Å². The van der Waals surface area contributed by atoms with Gasteiger partial charge in [-0.05, 0) is 48.4 Å². The smallest absolute Gasteiger partial charge is 0.141 e. The van der Waals surface area contributed by atoms with Crippen LogP contribution in [0.25, 0.3) is 16.6 Å². The molecule has 0 aliphatic carbocycles. The van der Waals surface area contributed by atoms with E-state index in [2.05, 4.69) is 96.1 Å². The van der Waals surface area contributed by atoms with Crippen LogP contribution in [-0.4, -0.2) is 70.6 Å². The van der Waals surface area contributed by atoms with Crippen molar-refractivity contribution >= 4 is 30.3 Å². The molecule has 4 saturated heterocycles. The van der Waals surface area contributed by atoms with Crippen LogP contribution in [0.15, 0.2) is 49.1 Å². The molecule has 0 saturated carbocycles. The number of piperidine rings is 1. The highest BCUT2D eigenvalue weighted by atomic mass is 15.4. The fourth-order valence-electron chi connectivity index (χ4n) is 6.92. The molecule has 4 aromatic rings. The molecule has 0 amide bonds. The number of rotatable bonds is 7. The lowest BCUT2D eigenvalue weighted by atomic mass is 9.86. The van der Waals surface area contributed by atoms with Gasteiger partial charge in [-0.1, -0.05) is 32.3 Å². The van der Waals surface area contributed by atoms with Crippen molar-refractivity contribution in [1.29, 1.82) is 5.26 Å². The third-order valence-corrected chi connectivity index (χ3v) is 9.61. The molecule has 8 nitrogen and oxygen atoms in total. The number of hydrogen-bond donors (Lipinski definition) is 0. The predicted octanol–water partition coefficient (Wildman–Crippen LogP) is 3.04. The van der Waals surface area contributed by atoms with Crippen molar-refractivity contribution in [2.24, 2.45) is 11.8 Å².